The fraction of sp³-hybridized carbons (Fsp3) is 0.611. The normalized spacial score (nSPS) is 22.2. The quantitative estimate of drug-likeness (QED) is 0.753. The summed E-state index contributed by atoms with van der Waals surface area (Å²) in [6, 6.07) is 5.13. The number of carbonyl (C=O) groups excluding carboxylic acids is 1. The number of anilines is 1. The van der Waals surface area contributed by atoms with Gasteiger partial charge in [-0.3, -0.25) is 4.79 Å². The van der Waals surface area contributed by atoms with Crippen molar-refractivity contribution < 1.29 is 17.9 Å². The number of nitrogens with zero attached hydrogens (tertiary/aromatic N) is 1. The summed E-state index contributed by atoms with van der Waals surface area (Å²) >= 11 is 0. The lowest BCUT2D eigenvalue weighted by Crippen LogP contribution is -2.45. The minimum absolute atomic E-state index is 0.0825. The molecule has 138 valence electrons. The van der Waals surface area contributed by atoms with Crippen molar-refractivity contribution in [1.29, 1.82) is 0 Å². The van der Waals surface area contributed by atoms with Crippen LogP contribution in [0.4, 0.5) is 5.69 Å². The molecule has 1 atom stereocenters. The molecule has 2 aliphatic rings. The molecule has 1 amide bonds. The van der Waals surface area contributed by atoms with Crippen LogP contribution in [0.1, 0.15) is 51.6 Å². The van der Waals surface area contributed by atoms with Crippen molar-refractivity contribution in [2.45, 2.75) is 51.7 Å². The summed E-state index contributed by atoms with van der Waals surface area (Å²) in [6.07, 6.45) is 3.37. The van der Waals surface area contributed by atoms with Crippen molar-refractivity contribution in [2.75, 3.05) is 17.6 Å². The van der Waals surface area contributed by atoms with Crippen molar-refractivity contribution in [1.82, 2.24) is 4.31 Å². The molecule has 1 aliphatic carbocycles. The Hall–Kier alpha value is -1.60. The number of carbonyl (C=O) groups is 1. The Kier molecular flexibility index (Phi) is 4.81. The molecule has 1 saturated carbocycles. The predicted octanol–water partition coefficient (Wildman–Crippen LogP) is 2.92. The average Bonchev–Trinajstić information content (AvgIpc) is 3.36. The fourth-order valence-electron chi connectivity index (χ4n) is 3.39. The van der Waals surface area contributed by atoms with Gasteiger partial charge in [0.05, 0.1) is 11.8 Å². The maximum atomic E-state index is 12.8. The van der Waals surface area contributed by atoms with Gasteiger partial charge in [-0.2, -0.15) is 4.31 Å². The first-order chi connectivity index (χ1) is 11.8. The zero-order valence-corrected chi connectivity index (χ0v) is 15.8. The Balaban J connectivity index is 2.06. The standard InChI is InChI=1S/C18H26N2O4S/c1-4-25(22,23)20(11-13-5-6-13)16-10-18(2,3)24-17-8-7-14(19-12-21)9-15(16)17/h7-9,12-13,16H,4-6,10-11H2,1-3H3,(H,19,21). The average molecular weight is 366 g/mol. The van der Waals surface area contributed by atoms with Gasteiger partial charge in [0.15, 0.2) is 0 Å². The number of amides is 1. The van der Waals surface area contributed by atoms with E-state index in [9.17, 15) is 13.2 Å². The van der Waals surface area contributed by atoms with E-state index >= 15 is 0 Å². The molecule has 1 aromatic carbocycles. The summed E-state index contributed by atoms with van der Waals surface area (Å²) in [5.41, 5.74) is 1.01. The zero-order valence-electron chi connectivity index (χ0n) is 15.0. The molecular weight excluding hydrogens is 340 g/mol. The van der Waals surface area contributed by atoms with Crippen LogP contribution in [0.25, 0.3) is 0 Å². The Morgan fingerprint density at radius 1 is 1.36 bits per heavy atom. The molecule has 1 N–H and O–H groups in total. The number of hydrogen-bond donors (Lipinski definition) is 1. The first-order valence-corrected chi connectivity index (χ1v) is 10.4. The van der Waals surface area contributed by atoms with Crippen LogP contribution >= 0.6 is 0 Å². The second-order valence-corrected chi connectivity index (χ2v) is 9.72. The van der Waals surface area contributed by atoms with Gasteiger partial charge in [-0.15, -0.1) is 0 Å². The van der Waals surface area contributed by atoms with Crippen molar-refractivity contribution in [2.24, 2.45) is 5.92 Å². The van der Waals surface area contributed by atoms with Crippen molar-refractivity contribution in [3.8, 4) is 5.75 Å². The third-order valence-electron chi connectivity index (χ3n) is 4.87. The third kappa shape index (κ3) is 3.98. The van der Waals surface area contributed by atoms with Crippen LogP contribution in [0.3, 0.4) is 0 Å². The summed E-state index contributed by atoms with van der Waals surface area (Å²) in [5, 5.41) is 2.64. The number of nitrogens with one attached hydrogen (secondary N) is 1. The molecule has 0 radical (unpaired) electrons. The van der Waals surface area contributed by atoms with Gasteiger partial charge >= 0.3 is 0 Å². The highest BCUT2D eigenvalue weighted by molar-refractivity contribution is 7.89. The van der Waals surface area contributed by atoms with Gasteiger partial charge in [0, 0.05) is 24.2 Å². The monoisotopic (exact) mass is 366 g/mol. The van der Waals surface area contributed by atoms with Gasteiger partial charge in [-0.05, 0) is 57.7 Å². The van der Waals surface area contributed by atoms with Gasteiger partial charge in [-0.1, -0.05) is 0 Å². The van der Waals surface area contributed by atoms with E-state index in [1.165, 1.54) is 0 Å². The van der Waals surface area contributed by atoms with E-state index in [1.807, 2.05) is 26.0 Å². The lowest BCUT2D eigenvalue weighted by molar-refractivity contribution is -0.105. The number of benzene rings is 1. The number of fused-ring (bicyclic) bond motifs is 1. The summed E-state index contributed by atoms with van der Waals surface area (Å²) < 4.78 is 33.3. The van der Waals surface area contributed by atoms with Gasteiger partial charge in [0.2, 0.25) is 16.4 Å². The molecule has 1 unspecified atom stereocenters. The summed E-state index contributed by atoms with van der Waals surface area (Å²) in [7, 11) is -3.35. The van der Waals surface area contributed by atoms with E-state index in [2.05, 4.69) is 5.32 Å². The van der Waals surface area contributed by atoms with Gasteiger partial charge in [-0.25, -0.2) is 8.42 Å². The van der Waals surface area contributed by atoms with Crippen molar-refractivity contribution in [3.05, 3.63) is 23.8 Å². The number of hydrogen-bond acceptors (Lipinski definition) is 4. The highest BCUT2D eigenvalue weighted by Gasteiger charge is 2.42. The Labute approximate surface area is 149 Å². The van der Waals surface area contributed by atoms with Crippen LogP contribution in [0, 0.1) is 5.92 Å². The van der Waals surface area contributed by atoms with Crippen LogP contribution in [-0.2, 0) is 14.8 Å². The van der Waals surface area contributed by atoms with E-state index in [0.717, 1.165) is 18.4 Å². The van der Waals surface area contributed by atoms with Gasteiger partial charge < -0.3 is 10.1 Å². The third-order valence-corrected chi connectivity index (χ3v) is 6.72. The van der Waals surface area contributed by atoms with Crippen LogP contribution in [0.5, 0.6) is 5.75 Å². The second kappa shape index (κ2) is 6.61. The molecule has 6 nitrogen and oxygen atoms in total. The Morgan fingerprint density at radius 3 is 2.68 bits per heavy atom. The van der Waals surface area contributed by atoms with Crippen LogP contribution < -0.4 is 10.1 Å². The molecule has 1 aliphatic heterocycles. The van der Waals surface area contributed by atoms with E-state index in [1.54, 1.807) is 17.3 Å². The zero-order chi connectivity index (χ0) is 18.2. The molecule has 0 spiro atoms. The van der Waals surface area contributed by atoms with Gasteiger partial charge in [0.1, 0.15) is 11.4 Å². The minimum Gasteiger partial charge on any atom is -0.487 e. The highest BCUT2D eigenvalue weighted by Crippen LogP contribution is 2.46. The Bertz CT molecular complexity index is 756. The van der Waals surface area contributed by atoms with E-state index < -0.39 is 15.6 Å². The highest BCUT2D eigenvalue weighted by atomic mass is 32.2. The molecule has 7 heteroatoms. The molecule has 1 fully saturated rings. The van der Waals surface area contributed by atoms with E-state index in [-0.39, 0.29) is 11.8 Å². The fourth-order valence-corrected chi connectivity index (χ4v) is 4.73. The Morgan fingerprint density at radius 2 is 2.08 bits per heavy atom. The predicted molar refractivity (Wildman–Crippen MR) is 97.1 cm³/mol. The largest absolute Gasteiger partial charge is 0.487 e. The van der Waals surface area contributed by atoms with Gasteiger partial charge in [0.25, 0.3) is 0 Å². The number of ether oxygens (including phenoxy) is 1. The maximum Gasteiger partial charge on any atom is 0.214 e. The van der Waals surface area contributed by atoms with E-state index in [4.69, 9.17) is 4.74 Å². The second-order valence-electron chi connectivity index (χ2n) is 7.51. The van der Waals surface area contributed by atoms with Crippen LogP contribution in [-0.4, -0.2) is 37.0 Å². The molecule has 0 saturated heterocycles. The SMILES string of the molecule is CCS(=O)(=O)N(CC1CC1)C1CC(C)(C)Oc2ccc(NC=O)cc21. The molecule has 0 aromatic heterocycles. The topological polar surface area (TPSA) is 75.7 Å². The summed E-state index contributed by atoms with van der Waals surface area (Å²) in [6.45, 7) is 6.20. The van der Waals surface area contributed by atoms with Crippen LogP contribution in [0.15, 0.2) is 18.2 Å². The van der Waals surface area contributed by atoms with Crippen molar-refractivity contribution >= 4 is 22.1 Å². The maximum absolute atomic E-state index is 12.8. The molecule has 25 heavy (non-hydrogen) atoms. The molecular formula is C18H26N2O4S. The molecule has 0 bridgehead atoms. The van der Waals surface area contributed by atoms with Crippen molar-refractivity contribution in [3.63, 3.8) is 0 Å². The lowest BCUT2D eigenvalue weighted by atomic mass is 9.89. The number of sulfonamides is 1. The number of rotatable bonds is 7. The molecule has 1 heterocycles. The molecule has 1 aromatic rings. The van der Waals surface area contributed by atoms with Crippen LogP contribution in [0.2, 0.25) is 0 Å². The first-order valence-electron chi connectivity index (χ1n) is 8.78. The lowest BCUT2D eigenvalue weighted by Gasteiger charge is -2.42. The minimum atomic E-state index is -3.35. The first kappa shape index (κ1) is 18.2. The smallest absolute Gasteiger partial charge is 0.214 e. The van der Waals surface area contributed by atoms with E-state index in [0.29, 0.717) is 36.7 Å². The summed E-state index contributed by atoms with van der Waals surface area (Å²) in [5.74, 6) is 1.22. The summed E-state index contributed by atoms with van der Waals surface area (Å²) in [4.78, 5) is 10.8. The molecule has 3 rings (SSSR count).